The van der Waals surface area contributed by atoms with Gasteiger partial charge in [0.1, 0.15) is 0 Å². The largest absolute Gasteiger partial charge is 0.388 e. The summed E-state index contributed by atoms with van der Waals surface area (Å²) in [7, 11) is 0. The topological polar surface area (TPSA) is 66.6 Å². The smallest absolute Gasteiger partial charge is 0.304 e. The summed E-state index contributed by atoms with van der Waals surface area (Å²) in [6.45, 7) is 5.55. The van der Waals surface area contributed by atoms with Crippen molar-refractivity contribution in [2.75, 3.05) is 18.0 Å². The third-order valence-corrected chi connectivity index (χ3v) is 4.83. The Bertz CT molecular complexity index is 445. The molecule has 1 aliphatic heterocycles. The molecule has 18 heavy (non-hydrogen) atoms. The summed E-state index contributed by atoms with van der Waals surface area (Å²) >= 11 is 1.34. The number of rotatable bonds is 4. The maximum Gasteiger partial charge on any atom is 0.304 e. The summed E-state index contributed by atoms with van der Waals surface area (Å²) < 4.78 is 0. The molecule has 0 spiro atoms. The number of aliphatic hydroxyl groups excluding tert-OH is 1. The van der Waals surface area contributed by atoms with Crippen LogP contribution in [0.5, 0.6) is 0 Å². The molecule has 0 aromatic carbocycles. The van der Waals surface area contributed by atoms with Gasteiger partial charge in [-0.2, -0.15) is 0 Å². The molecule has 1 aliphatic rings. The number of hydrogen-bond donors (Lipinski definition) is 1. The molecule has 1 N–H and O–H groups in total. The fourth-order valence-corrected chi connectivity index (χ4v) is 3.40. The normalized spacial score (nSPS) is 21.3. The number of anilines is 1. The Balaban J connectivity index is 2.28. The van der Waals surface area contributed by atoms with Crippen LogP contribution in [0, 0.1) is 16.0 Å². The van der Waals surface area contributed by atoms with Crippen molar-refractivity contribution in [2.45, 2.75) is 32.8 Å². The number of nitrogens with zero attached hydrogens (tertiary/aromatic N) is 2. The van der Waals surface area contributed by atoms with Crippen molar-refractivity contribution in [1.29, 1.82) is 0 Å². The van der Waals surface area contributed by atoms with Crippen LogP contribution in [0.15, 0.2) is 6.07 Å². The third kappa shape index (κ3) is 2.49. The molecule has 2 unspecified atom stereocenters. The quantitative estimate of drug-likeness (QED) is 0.674. The molecule has 6 heteroatoms. The summed E-state index contributed by atoms with van der Waals surface area (Å²) in [6.07, 6.45) is 1.56. The second kappa shape index (κ2) is 5.24. The maximum atomic E-state index is 11.1. The second-order valence-corrected chi connectivity index (χ2v) is 5.84. The molecule has 1 aromatic heterocycles. The predicted molar refractivity (Wildman–Crippen MR) is 72.2 cm³/mol. The van der Waals surface area contributed by atoms with Crippen LogP contribution < -0.4 is 4.90 Å². The average Bonchev–Trinajstić information content (AvgIpc) is 2.95. The van der Waals surface area contributed by atoms with E-state index in [-0.39, 0.29) is 10.6 Å². The summed E-state index contributed by atoms with van der Waals surface area (Å²) in [5, 5.41) is 21.3. The van der Waals surface area contributed by atoms with Gasteiger partial charge in [0.25, 0.3) is 0 Å². The van der Waals surface area contributed by atoms with Gasteiger partial charge in [-0.15, -0.1) is 11.3 Å². The number of aliphatic hydroxyl groups is 1. The van der Waals surface area contributed by atoms with Gasteiger partial charge in [0, 0.05) is 24.0 Å². The summed E-state index contributed by atoms with van der Waals surface area (Å²) in [5.41, 5.74) is 0.132. The first-order valence-electron chi connectivity index (χ1n) is 6.24. The first-order chi connectivity index (χ1) is 8.52. The van der Waals surface area contributed by atoms with Crippen molar-refractivity contribution >= 4 is 22.0 Å². The molecule has 1 aromatic rings. The Morgan fingerprint density at radius 1 is 1.72 bits per heavy atom. The van der Waals surface area contributed by atoms with Crippen LogP contribution in [0.2, 0.25) is 0 Å². The van der Waals surface area contributed by atoms with E-state index in [9.17, 15) is 15.2 Å². The lowest BCUT2D eigenvalue weighted by atomic mass is 10.1. The molecule has 0 saturated carbocycles. The molecule has 100 valence electrons. The van der Waals surface area contributed by atoms with Crippen molar-refractivity contribution in [1.82, 2.24) is 0 Å². The van der Waals surface area contributed by atoms with Crippen molar-refractivity contribution in [3.8, 4) is 0 Å². The van der Waals surface area contributed by atoms with Crippen LogP contribution >= 0.6 is 11.3 Å². The number of hydrogen-bond acceptors (Lipinski definition) is 5. The predicted octanol–water partition coefficient (Wildman–Crippen LogP) is 2.95. The molecule has 5 nitrogen and oxygen atoms in total. The van der Waals surface area contributed by atoms with E-state index in [1.165, 1.54) is 17.4 Å². The zero-order valence-electron chi connectivity index (χ0n) is 10.6. The van der Waals surface area contributed by atoms with Gasteiger partial charge in [0.05, 0.1) is 11.0 Å². The molecule has 2 heterocycles. The fraction of sp³-hybridized carbons (Fsp3) is 0.667. The molecule has 0 radical (unpaired) electrons. The van der Waals surface area contributed by atoms with E-state index in [0.29, 0.717) is 15.8 Å². The summed E-state index contributed by atoms with van der Waals surface area (Å²) in [4.78, 5) is 13.5. The zero-order chi connectivity index (χ0) is 13.3. The highest BCUT2D eigenvalue weighted by Gasteiger charge is 2.30. The van der Waals surface area contributed by atoms with Crippen LogP contribution in [0.3, 0.4) is 0 Å². The van der Waals surface area contributed by atoms with Crippen LogP contribution in [0.4, 0.5) is 10.7 Å². The number of thiophene rings is 1. The Morgan fingerprint density at radius 3 is 2.94 bits per heavy atom. The summed E-state index contributed by atoms with van der Waals surface area (Å²) in [6, 6.07) is 1.50. The highest BCUT2D eigenvalue weighted by Crippen LogP contribution is 2.42. The monoisotopic (exact) mass is 270 g/mol. The van der Waals surface area contributed by atoms with Crippen molar-refractivity contribution in [3.63, 3.8) is 0 Å². The highest BCUT2D eigenvalue weighted by molar-refractivity contribution is 7.16. The molecule has 2 rings (SSSR count). The molecule has 0 amide bonds. The molecule has 0 aliphatic carbocycles. The van der Waals surface area contributed by atoms with Crippen molar-refractivity contribution in [2.24, 2.45) is 5.92 Å². The van der Waals surface area contributed by atoms with Gasteiger partial charge < -0.3 is 10.0 Å². The zero-order valence-corrected chi connectivity index (χ0v) is 11.4. The minimum Gasteiger partial charge on any atom is -0.388 e. The van der Waals surface area contributed by atoms with Crippen molar-refractivity contribution in [3.05, 3.63) is 21.1 Å². The Kier molecular flexibility index (Phi) is 3.87. The molecule has 1 saturated heterocycles. The van der Waals surface area contributed by atoms with Gasteiger partial charge in [-0.05, 0) is 19.3 Å². The molecule has 2 atom stereocenters. The van der Waals surface area contributed by atoms with Gasteiger partial charge >= 0.3 is 5.69 Å². The fourth-order valence-electron chi connectivity index (χ4n) is 2.30. The van der Waals surface area contributed by atoms with E-state index in [1.807, 2.05) is 0 Å². The van der Waals surface area contributed by atoms with E-state index in [2.05, 4.69) is 11.8 Å². The Hall–Kier alpha value is -1.14. The molecular formula is C12H18N2O3S. The van der Waals surface area contributed by atoms with E-state index >= 15 is 0 Å². The van der Waals surface area contributed by atoms with Crippen LogP contribution in [-0.2, 0) is 0 Å². The minimum atomic E-state index is -0.646. The van der Waals surface area contributed by atoms with E-state index in [4.69, 9.17) is 0 Å². The number of nitro groups is 1. The first kappa shape index (κ1) is 13.3. The van der Waals surface area contributed by atoms with Gasteiger partial charge in [0.2, 0.25) is 0 Å². The average molecular weight is 270 g/mol. The lowest BCUT2D eigenvalue weighted by Gasteiger charge is -2.15. The Labute approximate surface area is 110 Å². The molecule has 0 bridgehead atoms. The summed E-state index contributed by atoms with van der Waals surface area (Å²) in [5.74, 6) is 0.627. The van der Waals surface area contributed by atoms with Crippen LogP contribution in [0.25, 0.3) is 0 Å². The van der Waals surface area contributed by atoms with Gasteiger partial charge in [-0.1, -0.05) is 13.3 Å². The van der Waals surface area contributed by atoms with Gasteiger partial charge in [-0.25, -0.2) is 0 Å². The minimum absolute atomic E-state index is 0.132. The van der Waals surface area contributed by atoms with E-state index in [1.54, 1.807) is 6.92 Å². The van der Waals surface area contributed by atoms with Crippen LogP contribution in [0.1, 0.15) is 37.7 Å². The second-order valence-electron chi connectivity index (χ2n) is 4.78. The highest BCUT2D eigenvalue weighted by atomic mass is 32.1. The Morgan fingerprint density at radius 2 is 2.44 bits per heavy atom. The van der Waals surface area contributed by atoms with Crippen molar-refractivity contribution < 1.29 is 10.0 Å². The molecular weight excluding hydrogens is 252 g/mol. The maximum absolute atomic E-state index is 11.1. The third-order valence-electron chi connectivity index (χ3n) is 3.47. The standard InChI is InChI=1S/C12H18N2O3S/c1-3-9-4-5-13(7-9)12-10(14(16)17)6-11(18-12)8(2)15/h6,8-9,15H,3-5,7H2,1-2H3. The first-order valence-corrected chi connectivity index (χ1v) is 7.05. The van der Waals surface area contributed by atoms with E-state index in [0.717, 1.165) is 25.9 Å². The van der Waals surface area contributed by atoms with E-state index < -0.39 is 6.10 Å². The van der Waals surface area contributed by atoms with Crippen LogP contribution in [-0.4, -0.2) is 23.1 Å². The van der Waals surface area contributed by atoms with Gasteiger partial charge in [0.15, 0.2) is 5.00 Å². The lowest BCUT2D eigenvalue weighted by Crippen LogP contribution is -2.19. The molecule has 1 fully saturated rings. The SMILES string of the molecule is CCC1CCN(c2sc(C(C)O)cc2[N+](=O)[O-])C1. The lowest BCUT2D eigenvalue weighted by molar-refractivity contribution is -0.383. The van der Waals surface area contributed by atoms with Gasteiger partial charge in [-0.3, -0.25) is 10.1 Å².